The smallest absolute Gasteiger partial charge is 0.258 e. The highest BCUT2D eigenvalue weighted by Crippen LogP contribution is 2.25. The van der Waals surface area contributed by atoms with E-state index in [1.807, 2.05) is 12.1 Å². The Balaban J connectivity index is 1.93. The van der Waals surface area contributed by atoms with E-state index in [1.54, 1.807) is 12.1 Å². The Bertz CT molecular complexity index is 603. The maximum atomic E-state index is 12.2. The molecular formula is C13H11N3O3. The normalized spacial score (nSPS) is 19.3. The molecule has 6 heteroatoms. The first-order chi connectivity index (χ1) is 9.08. The second kappa shape index (κ2) is 3.94. The van der Waals surface area contributed by atoms with Crippen molar-refractivity contribution >= 4 is 17.7 Å². The van der Waals surface area contributed by atoms with E-state index in [0.29, 0.717) is 5.56 Å². The fourth-order valence-electron chi connectivity index (χ4n) is 2.35. The van der Waals surface area contributed by atoms with Gasteiger partial charge in [0.15, 0.2) is 6.04 Å². The number of amides is 3. The van der Waals surface area contributed by atoms with Crippen LogP contribution >= 0.6 is 0 Å². The van der Waals surface area contributed by atoms with Crippen molar-refractivity contribution in [1.82, 2.24) is 15.5 Å². The first-order valence-corrected chi connectivity index (χ1v) is 5.77. The van der Waals surface area contributed by atoms with Gasteiger partial charge >= 0.3 is 0 Å². The molecule has 1 aromatic carbocycles. The van der Waals surface area contributed by atoms with Crippen LogP contribution < -0.4 is 10.6 Å². The molecule has 2 aliphatic heterocycles. The number of carbonyl (C=O) groups excluding carboxylic acids is 3. The Morgan fingerprint density at radius 2 is 1.74 bits per heavy atom. The van der Waals surface area contributed by atoms with Crippen molar-refractivity contribution in [3.63, 3.8) is 0 Å². The minimum absolute atomic E-state index is 0.135. The molecule has 1 aromatic rings. The molecule has 0 aliphatic carbocycles. The van der Waals surface area contributed by atoms with Gasteiger partial charge in [0.1, 0.15) is 5.82 Å². The van der Waals surface area contributed by atoms with E-state index in [2.05, 4.69) is 17.2 Å². The molecule has 96 valence electrons. The maximum Gasteiger partial charge on any atom is 0.258 e. The van der Waals surface area contributed by atoms with Crippen LogP contribution in [0.4, 0.5) is 0 Å². The van der Waals surface area contributed by atoms with Gasteiger partial charge in [0.05, 0.1) is 0 Å². The van der Waals surface area contributed by atoms with Crippen molar-refractivity contribution in [2.75, 3.05) is 0 Å². The summed E-state index contributed by atoms with van der Waals surface area (Å²) >= 11 is 0. The quantitative estimate of drug-likeness (QED) is 0.680. The average Bonchev–Trinajstić information content (AvgIpc) is 2.66. The molecule has 0 unspecified atom stereocenters. The van der Waals surface area contributed by atoms with Crippen LogP contribution in [0.1, 0.15) is 15.9 Å². The van der Waals surface area contributed by atoms with Gasteiger partial charge < -0.3 is 15.5 Å². The summed E-state index contributed by atoms with van der Waals surface area (Å²) in [7, 11) is 0. The summed E-state index contributed by atoms with van der Waals surface area (Å²) < 4.78 is 0. The first-order valence-electron chi connectivity index (χ1n) is 5.77. The third kappa shape index (κ3) is 1.69. The van der Waals surface area contributed by atoms with Crippen LogP contribution in [-0.4, -0.2) is 28.7 Å². The molecule has 0 saturated carbocycles. The van der Waals surface area contributed by atoms with Crippen molar-refractivity contribution in [2.24, 2.45) is 0 Å². The highest BCUT2D eigenvalue weighted by Gasteiger charge is 2.42. The van der Waals surface area contributed by atoms with Crippen LogP contribution in [0.25, 0.3) is 0 Å². The second-order valence-electron chi connectivity index (χ2n) is 4.45. The minimum Gasteiger partial charge on any atom is -0.314 e. The lowest BCUT2D eigenvalue weighted by molar-refractivity contribution is -0.137. The Hall–Kier alpha value is -2.63. The molecule has 2 N–H and O–H groups in total. The van der Waals surface area contributed by atoms with E-state index in [4.69, 9.17) is 0 Å². The zero-order valence-electron chi connectivity index (χ0n) is 9.97. The lowest BCUT2D eigenvalue weighted by Crippen LogP contribution is -2.60. The third-order valence-corrected chi connectivity index (χ3v) is 3.21. The van der Waals surface area contributed by atoms with E-state index in [1.165, 1.54) is 4.90 Å². The summed E-state index contributed by atoms with van der Waals surface area (Å²) in [5.41, 5.74) is 1.35. The Kier molecular flexibility index (Phi) is 2.38. The average molecular weight is 257 g/mol. The second-order valence-corrected chi connectivity index (χ2v) is 4.45. The van der Waals surface area contributed by atoms with Crippen molar-refractivity contribution in [3.8, 4) is 0 Å². The standard InChI is InChI=1S/C13H11N3O3/c1-7-14-11(17)10(12(18)15-7)16-6-8-4-2-3-5-9(8)13(16)19/h2-5,10H,1,6H2,(H,14,17)(H,15,18). The van der Waals surface area contributed by atoms with Gasteiger partial charge in [-0.25, -0.2) is 0 Å². The Labute approximate surface area is 109 Å². The lowest BCUT2D eigenvalue weighted by Gasteiger charge is -2.30. The van der Waals surface area contributed by atoms with E-state index in [-0.39, 0.29) is 18.3 Å². The zero-order valence-corrected chi connectivity index (χ0v) is 9.97. The van der Waals surface area contributed by atoms with Crippen LogP contribution in [0.3, 0.4) is 0 Å². The molecule has 0 bridgehead atoms. The Morgan fingerprint density at radius 3 is 2.37 bits per heavy atom. The van der Waals surface area contributed by atoms with Gasteiger partial charge in [-0.1, -0.05) is 24.8 Å². The molecule has 0 atom stereocenters. The van der Waals surface area contributed by atoms with Crippen molar-refractivity contribution in [2.45, 2.75) is 12.6 Å². The van der Waals surface area contributed by atoms with Gasteiger partial charge in [-0.05, 0) is 11.6 Å². The predicted molar refractivity (Wildman–Crippen MR) is 65.5 cm³/mol. The van der Waals surface area contributed by atoms with Crippen LogP contribution in [0.2, 0.25) is 0 Å². The van der Waals surface area contributed by atoms with Crippen LogP contribution in [0.15, 0.2) is 36.7 Å². The summed E-state index contributed by atoms with van der Waals surface area (Å²) in [5.74, 6) is -1.24. The molecular weight excluding hydrogens is 246 g/mol. The van der Waals surface area contributed by atoms with Crippen molar-refractivity contribution in [1.29, 1.82) is 0 Å². The number of rotatable bonds is 1. The highest BCUT2D eigenvalue weighted by atomic mass is 16.2. The van der Waals surface area contributed by atoms with Gasteiger partial charge in [-0.15, -0.1) is 0 Å². The molecule has 0 radical (unpaired) electrons. The van der Waals surface area contributed by atoms with E-state index in [9.17, 15) is 14.4 Å². The largest absolute Gasteiger partial charge is 0.314 e. The van der Waals surface area contributed by atoms with Crippen LogP contribution in [0.5, 0.6) is 0 Å². The number of hydrogen-bond acceptors (Lipinski definition) is 3. The third-order valence-electron chi connectivity index (χ3n) is 3.21. The highest BCUT2D eigenvalue weighted by molar-refractivity contribution is 6.12. The molecule has 2 aliphatic rings. The topological polar surface area (TPSA) is 78.5 Å². The fraction of sp³-hybridized carbons (Fsp3) is 0.154. The maximum absolute atomic E-state index is 12.2. The summed E-state index contributed by atoms with van der Waals surface area (Å²) in [6.07, 6.45) is 0. The summed E-state index contributed by atoms with van der Waals surface area (Å²) in [6, 6.07) is 5.92. The number of hydrogen-bond donors (Lipinski definition) is 2. The van der Waals surface area contributed by atoms with Gasteiger partial charge in [-0.2, -0.15) is 0 Å². The predicted octanol–water partition coefficient (Wildman–Crippen LogP) is -0.272. The van der Waals surface area contributed by atoms with E-state index < -0.39 is 17.9 Å². The van der Waals surface area contributed by atoms with Gasteiger partial charge in [0, 0.05) is 12.1 Å². The number of nitrogens with zero attached hydrogens (tertiary/aromatic N) is 1. The van der Waals surface area contributed by atoms with Gasteiger partial charge in [0.25, 0.3) is 17.7 Å². The number of nitrogens with one attached hydrogen (secondary N) is 2. The van der Waals surface area contributed by atoms with Gasteiger partial charge in [0.2, 0.25) is 0 Å². The number of fused-ring (bicyclic) bond motifs is 1. The van der Waals surface area contributed by atoms with Crippen LogP contribution in [-0.2, 0) is 16.1 Å². The molecule has 6 nitrogen and oxygen atoms in total. The van der Waals surface area contributed by atoms with Crippen molar-refractivity contribution < 1.29 is 14.4 Å². The molecule has 2 heterocycles. The van der Waals surface area contributed by atoms with Gasteiger partial charge in [-0.3, -0.25) is 14.4 Å². The SMILES string of the molecule is C=C1NC(=O)C(N2Cc3ccccc3C2=O)C(=O)N1. The monoisotopic (exact) mass is 257 g/mol. The minimum atomic E-state index is -1.15. The zero-order chi connectivity index (χ0) is 13.6. The molecule has 1 fully saturated rings. The van der Waals surface area contributed by atoms with E-state index >= 15 is 0 Å². The number of benzene rings is 1. The molecule has 1 saturated heterocycles. The van der Waals surface area contributed by atoms with Crippen molar-refractivity contribution in [3.05, 3.63) is 47.8 Å². The summed E-state index contributed by atoms with van der Waals surface area (Å²) in [6.45, 7) is 3.72. The molecule has 19 heavy (non-hydrogen) atoms. The fourth-order valence-corrected chi connectivity index (χ4v) is 2.35. The molecule has 0 aromatic heterocycles. The molecule has 0 spiro atoms. The summed E-state index contributed by atoms with van der Waals surface area (Å²) in [4.78, 5) is 37.2. The number of carbonyl (C=O) groups is 3. The molecule has 3 amide bonds. The summed E-state index contributed by atoms with van der Waals surface area (Å²) in [5, 5.41) is 4.85. The van der Waals surface area contributed by atoms with E-state index in [0.717, 1.165) is 5.56 Å². The Morgan fingerprint density at radius 1 is 1.11 bits per heavy atom. The first kappa shape index (κ1) is 11.5. The lowest BCUT2D eigenvalue weighted by atomic mass is 10.1. The van der Waals surface area contributed by atoms with Crippen LogP contribution in [0, 0.1) is 0 Å². The molecule has 3 rings (SSSR count).